The Hall–Kier alpha value is -3.11. The Bertz CT molecular complexity index is 1650. The van der Waals surface area contributed by atoms with E-state index in [0.717, 1.165) is 41.3 Å². The largest absolute Gasteiger partial charge is 0.494 e. The summed E-state index contributed by atoms with van der Waals surface area (Å²) < 4.78 is 47.4. The average Bonchev–Trinajstić information content (AvgIpc) is 3.36. The van der Waals surface area contributed by atoms with Gasteiger partial charge in [0.05, 0.1) is 11.6 Å². The van der Waals surface area contributed by atoms with Crippen LogP contribution in [-0.4, -0.2) is 52.9 Å². The van der Waals surface area contributed by atoms with Crippen LogP contribution in [0.4, 0.5) is 13.2 Å². The number of Topliss-reactive ketones (excluding diaryl/α,β-unsaturated/α-hetero) is 1. The molecule has 11 heteroatoms. The Kier molecular flexibility index (Phi) is 9.89. The SMILES string of the molecule is CCOc1ccc(-c2ccc(C(=O)C(F)(F)F)cc2)cc1CN(C(=O)c1sc2ccccc2c1Cl)C1CCC(N(C)Cl)CC1. The standard InChI is InChI=1S/C33H31Cl2F3N2O3S/c1-3-43-27-17-12-22(20-8-10-21(11-9-20)31(41)33(36,37)38)18-23(27)19-40(25-15-13-24(14-16-25)39(2)35)32(42)30-29(34)26-6-4-5-7-28(26)44-30/h4-12,17-18,24-25H,3,13-16,19H2,1-2H3. The highest BCUT2D eigenvalue weighted by atomic mass is 35.5. The minimum atomic E-state index is -4.94. The fourth-order valence-electron chi connectivity index (χ4n) is 5.71. The van der Waals surface area contributed by atoms with Gasteiger partial charge < -0.3 is 9.64 Å². The number of rotatable bonds is 9. The number of benzene rings is 3. The number of hydrogen-bond acceptors (Lipinski definition) is 5. The van der Waals surface area contributed by atoms with Crippen LogP contribution in [0.2, 0.25) is 5.02 Å². The van der Waals surface area contributed by atoms with Gasteiger partial charge in [0.1, 0.15) is 10.6 Å². The summed E-state index contributed by atoms with van der Waals surface area (Å²) in [4.78, 5) is 28.3. The van der Waals surface area contributed by atoms with Gasteiger partial charge in [0.25, 0.3) is 11.7 Å². The van der Waals surface area contributed by atoms with E-state index in [1.165, 1.54) is 35.6 Å². The van der Waals surface area contributed by atoms with Crippen LogP contribution in [0.25, 0.3) is 21.2 Å². The molecule has 232 valence electrons. The highest BCUT2D eigenvalue weighted by Crippen LogP contribution is 2.39. The molecule has 0 aliphatic heterocycles. The number of alkyl halides is 3. The minimum Gasteiger partial charge on any atom is -0.494 e. The summed E-state index contributed by atoms with van der Waals surface area (Å²) in [5, 5.41) is 1.27. The van der Waals surface area contributed by atoms with Crippen LogP contribution in [0.3, 0.4) is 0 Å². The molecule has 1 aliphatic rings. The van der Waals surface area contributed by atoms with Gasteiger partial charge in [-0.05, 0) is 73.7 Å². The lowest BCUT2D eigenvalue weighted by Gasteiger charge is -2.38. The second kappa shape index (κ2) is 13.5. The van der Waals surface area contributed by atoms with Crippen molar-refractivity contribution < 1.29 is 27.5 Å². The lowest BCUT2D eigenvalue weighted by atomic mass is 9.89. The van der Waals surface area contributed by atoms with Gasteiger partial charge in [-0.2, -0.15) is 13.2 Å². The number of carbonyl (C=O) groups excluding carboxylic acids is 2. The van der Waals surface area contributed by atoms with E-state index in [4.69, 9.17) is 28.1 Å². The van der Waals surface area contributed by atoms with Crippen molar-refractivity contribution in [3.63, 3.8) is 0 Å². The molecule has 0 N–H and O–H groups in total. The van der Waals surface area contributed by atoms with E-state index in [-0.39, 0.29) is 24.5 Å². The molecule has 0 bridgehead atoms. The summed E-state index contributed by atoms with van der Waals surface area (Å²) in [5.41, 5.74) is 1.67. The van der Waals surface area contributed by atoms with Crippen molar-refractivity contribution in [2.24, 2.45) is 0 Å². The third-order valence-electron chi connectivity index (χ3n) is 8.04. The van der Waals surface area contributed by atoms with Gasteiger partial charge in [-0.25, -0.2) is 4.42 Å². The van der Waals surface area contributed by atoms with E-state index in [0.29, 0.717) is 33.4 Å². The van der Waals surface area contributed by atoms with Gasteiger partial charge >= 0.3 is 6.18 Å². The van der Waals surface area contributed by atoms with Crippen LogP contribution in [0.1, 0.15) is 58.2 Å². The van der Waals surface area contributed by atoms with Crippen LogP contribution in [0, 0.1) is 0 Å². The zero-order chi connectivity index (χ0) is 31.6. The maximum Gasteiger partial charge on any atom is 0.454 e. The highest BCUT2D eigenvalue weighted by molar-refractivity contribution is 7.21. The number of amides is 1. The Labute approximate surface area is 268 Å². The predicted octanol–water partition coefficient (Wildman–Crippen LogP) is 9.40. The molecule has 0 saturated heterocycles. The number of halogens is 5. The van der Waals surface area contributed by atoms with Crippen LogP contribution in [0.5, 0.6) is 5.75 Å². The molecular weight excluding hydrogens is 632 g/mol. The molecule has 1 amide bonds. The summed E-state index contributed by atoms with van der Waals surface area (Å²) in [6.45, 7) is 2.52. The second-order valence-electron chi connectivity index (χ2n) is 10.8. The lowest BCUT2D eigenvalue weighted by molar-refractivity contribution is -0.0885. The quantitative estimate of drug-likeness (QED) is 0.132. The van der Waals surface area contributed by atoms with Gasteiger partial charge in [0.2, 0.25) is 0 Å². The maximum absolute atomic E-state index is 14.3. The first kappa shape index (κ1) is 32.3. The first-order valence-corrected chi connectivity index (χ1v) is 15.9. The summed E-state index contributed by atoms with van der Waals surface area (Å²) >= 11 is 14.4. The van der Waals surface area contributed by atoms with Crippen molar-refractivity contribution >= 4 is 56.5 Å². The Morgan fingerprint density at radius 3 is 2.20 bits per heavy atom. The number of hydrogen-bond donors (Lipinski definition) is 0. The summed E-state index contributed by atoms with van der Waals surface area (Å²) in [6, 6.07) is 18.6. The predicted molar refractivity (Wildman–Crippen MR) is 170 cm³/mol. The first-order chi connectivity index (χ1) is 21.0. The van der Waals surface area contributed by atoms with Gasteiger partial charge in [-0.3, -0.25) is 9.59 Å². The topological polar surface area (TPSA) is 49.9 Å². The smallest absolute Gasteiger partial charge is 0.454 e. The Morgan fingerprint density at radius 2 is 1.59 bits per heavy atom. The maximum atomic E-state index is 14.3. The van der Waals surface area contributed by atoms with Crippen LogP contribution >= 0.6 is 34.7 Å². The first-order valence-electron chi connectivity index (χ1n) is 14.3. The van der Waals surface area contributed by atoms with E-state index in [2.05, 4.69) is 0 Å². The summed E-state index contributed by atoms with van der Waals surface area (Å²) in [5.74, 6) is -1.45. The van der Waals surface area contributed by atoms with Crippen molar-refractivity contribution in [3.8, 4) is 16.9 Å². The molecule has 4 aromatic rings. The molecule has 1 aliphatic carbocycles. The normalized spacial score (nSPS) is 17.2. The molecule has 1 saturated carbocycles. The van der Waals surface area contributed by atoms with Gasteiger partial charge in [0, 0.05) is 46.9 Å². The molecule has 1 fully saturated rings. The number of ether oxygens (including phenoxy) is 1. The fraction of sp³-hybridized carbons (Fsp3) is 0.333. The molecule has 0 spiro atoms. The van der Waals surface area contributed by atoms with Crippen molar-refractivity contribution in [3.05, 3.63) is 87.8 Å². The monoisotopic (exact) mass is 662 g/mol. The van der Waals surface area contributed by atoms with Crippen LogP contribution in [-0.2, 0) is 6.54 Å². The molecule has 0 atom stereocenters. The van der Waals surface area contributed by atoms with Crippen molar-refractivity contribution in [1.29, 1.82) is 0 Å². The molecule has 5 nitrogen and oxygen atoms in total. The molecule has 44 heavy (non-hydrogen) atoms. The Balaban J connectivity index is 1.51. The van der Waals surface area contributed by atoms with Crippen molar-refractivity contribution in [1.82, 2.24) is 9.32 Å². The molecule has 1 heterocycles. The Morgan fingerprint density at radius 1 is 0.955 bits per heavy atom. The number of fused-ring (bicyclic) bond motifs is 1. The second-order valence-corrected chi connectivity index (χ2v) is 12.8. The van der Waals surface area contributed by atoms with E-state index < -0.39 is 17.5 Å². The third kappa shape index (κ3) is 6.91. The van der Waals surface area contributed by atoms with Gasteiger partial charge in [-0.1, -0.05) is 60.1 Å². The number of nitrogens with zero attached hydrogens (tertiary/aromatic N) is 2. The minimum absolute atomic E-state index is 0.0672. The highest BCUT2D eigenvalue weighted by Gasteiger charge is 2.39. The molecule has 0 radical (unpaired) electrons. The van der Waals surface area contributed by atoms with E-state index >= 15 is 0 Å². The van der Waals surface area contributed by atoms with Gasteiger partial charge in [-0.15, -0.1) is 11.3 Å². The molecular formula is C33H31Cl2F3N2O3S. The lowest BCUT2D eigenvalue weighted by Crippen LogP contribution is -2.44. The van der Waals surface area contributed by atoms with Crippen LogP contribution in [0.15, 0.2) is 66.7 Å². The van der Waals surface area contributed by atoms with Crippen molar-refractivity contribution in [2.45, 2.75) is 57.4 Å². The number of thiophene rings is 1. The van der Waals surface area contributed by atoms with E-state index in [9.17, 15) is 22.8 Å². The molecule has 1 aromatic heterocycles. The number of ketones is 1. The van der Waals surface area contributed by atoms with Crippen LogP contribution < -0.4 is 4.74 Å². The van der Waals surface area contributed by atoms with E-state index in [1.807, 2.05) is 55.3 Å². The van der Waals surface area contributed by atoms with Crippen molar-refractivity contribution in [2.75, 3.05) is 13.7 Å². The molecule has 0 unspecified atom stereocenters. The van der Waals surface area contributed by atoms with E-state index in [1.54, 1.807) is 10.5 Å². The summed E-state index contributed by atoms with van der Waals surface area (Å²) in [7, 11) is 1.85. The fourth-order valence-corrected chi connectivity index (χ4v) is 7.38. The summed E-state index contributed by atoms with van der Waals surface area (Å²) in [6.07, 6.45) is -1.77. The number of carbonyl (C=O) groups is 2. The molecule has 3 aromatic carbocycles. The zero-order valence-corrected chi connectivity index (χ0v) is 26.5. The zero-order valence-electron chi connectivity index (χ0n) is 24.2. The average molecular weight is 664 g/mol. The molecule has 5 rings (SSSR count). The van der Waals surface area contributed by atoms with Gasteiger partial charge in [0.15, 0.2) is 0 Å². The third-order valence-corrected chi connectivity index (χ3v) is 9.98.